The Kier molecular flexibility index (Phi) is 5.72. The zero-order valence-corrected chi connectivity index (χ0v) is 18.6. The van der Waals surface area contributed by atoms with Gasteiger partial charge in [0.05, 0.1) is 26.9 Å². The summed E-state index contributed by atoms with van der Waals surface area (Å²) >= 11 is 0. The van der Waals surface area contributed by atoms with E-state index in [0.717, 1.165) is 16.8 Å². The number of aryl methyl sites for hydroxylation is 1. The van der Waals surface area contributed by atoms with Crippen LogP contribution in [0.1, 0.15) is 24.1 Å². The second-order valence-corrected chi connectivity index (χ2v) is 7.32. The predicted octanol–water partition coefficient (Wildman–Crippen LogP) is 3.54. The number of hydrogen-bond donors (Lipinski definition) is 2. The van der Waals surface area contributed by atoms with E-state index in [1.165, 1.54) is 6.33 Å². The highest BCUT2D eigenvalue weighted by Gasteiger charge is 2.35. The second-order valence-electron chi connectivity index (χ2n) is 7.32. The minimum absolute atomic E-state index is 0.246. The van der Waals surface area contributed by atoms with Crippen LogP contribution in [0, 0.1) is 6.92 Å². The summed E-state index contributed by atoms with van der Waals surface area (Å²) in [6.45, 7) is 3.79. The van der Waals surface area contributed by atoms with Gasteiger partial charge >= 0.3 is 0 Å². The first kappa shape index (κ1) is 21.2. The zero-order valence-electron chi connectivity index (χ0n) is 18.6. The predicted molar refractivity (Wildman–Crippen MR) is 120 cm³/mol. The van der Waals surface area contributed by atoms with Crippen molar-refractivity contribution in [1.82, 2.24) is 14.8 Å². The number of methoxy groups -OCH3 is 3. The molecule has 32 heavy (non-hydrogen) atoms. The lowest BCUT2D eigenvalue weighted by atomic mass is 9.94. The average Bonchev–Trinajstić information content (AvgIpc) is 3.26. The van der Waals surface area contributed by atoms with Crippen molar-refractivity contribution >= 4 is 17.5 Å². The summed E-state index contributed by atoms with van der Waals surface area (Å²) in [5, 5.41) is 10.6. The number of nitrogens with one attached hydrogen (secondary N) is 2. The number of amides is 1. The summed E-state index contributed by atoms with van der Waals surface area (Å²) in [5.41, 5.74) is 3.62. The first-order chi connectivity index (χ1) is 15.5. The maximum Gasteiger partial charge on any atom is 0.255 e. The molecule has 9 nitrogen and oxygen atoms in total. The monoisotopic (exact) mass is 435 g/mol. The van der Waals surface area contributed by atoms with Gasteiger partial charge < -0.3 is 24.8 Å². The summed E-state index contributed by atoms with van der Waals surface area (Å²) in [6, 6.07) is 10.7. The summed E-state index contributed by atoms with van der Waals surface area (Å²) in [4.78, 5) is 17.8. The van der Waals surface area contributed by atoms with Gasteiger partial charge in [-0.3, -0.25) is 4.79 Å². The van der Waals surface area contributed by atoms with Crippen LogP contribution in [0.4, 0.5) is 11.6 Å². The van der Waals surface area contributed by atoms with Crippen LogP contribution in [-0.2, 0) is 4.79 Å². The summed E-state index contributed by atoms with van der Waals surface area (Å²) < 4.78 is 18.2. The Morgan fingerprint density at radius 2 is 1.75 bits per heavy atom. The van der Waals surface area contributed by atoms with E-state index in [4.69, 9.17) is 14.2 Å². The minimum Gasteiger partial charge on any atom is -0.493 e. The standard InChI is InChI=1S/C23H25N5O4/c1-13-8-6-7-9-16(13)27-22(29)19-14(2)26-23-24-12-25-28(23)20(19)15-10-17(30-3)21(32-5)18(11-15)31-4/h6-12,20H,1-5H3,(H,27,29)(H,24,25,26). The Balaban J connectivity index is 1.85. The lowest BCUT2D eigenvalue weighted by molar-refractivity contribution is -0.113. The Morgan fingerprint density at radius 1 is 1.06 bits per heavy atom. The number of benzene rings is 2. The number of allylic oxidation sites excluding steroid dienone is 1. The molecule has 0 fully saturated rings. The molecule has 1 aromatic heterocycles. The van der Waals surface area contributed by atoms with Crippen molar-refractivity contribution in [3.8, 4) is 17.2 Å². The van der Waals surface area contributed by atoms with Gasteiger partial charge in [-0.15, -0.1) is 0 Å². The maximum absolute atomic E-state index is 13.5. The Bertz CT molecular complexity index is 1180. The van der Waals surface area contributed by atoms with Crippen LogP contribution in [0.3, 0.4) is 0 Å². The Labute approximate surface area is 186 Å². The molecule has 3 aromatic rings. The number of hydrogen-bond acceptors (Lipinski definition) is 7. The van der Waals surface area contributed by atoms with Gasteiger partial charge in [-0.1, -0.05) is 18.2 Å². The van der Waals surface area contributed by atoms with Crippen molar-refractivity contribution in [3.63, 3.8) is 0 Å². The van der Waals surface area contributed by atoms with Crippen LogP contribution < -0.4 is 24.8 Å². The molecule has 1 atom stereocenters. The number of carbonyl (C=O) groups is 1. The molecule has 2 N–H and O–H groups in total. The van der Waals surface area contributed by atoms with E-state index in [1.54, 1.807) is 26.0 Å². The molecule has 9 heteroatoms. The van der Waals surface area contributed by atoms with Crippen LogP contribution in [0.25, 0.3) is 0 Å². The zero-order chi connectivity index (χ0) is 22.8. The average molecular weight is 435 g/mol. The van der Waals surface area contributed by atoms with E-state index in [2.05, 4.69) is 20.7 Å². The van der Waals surface area contributed by atoms with Gasteiger partial charge in [0.1, 0.15) is 12.4 Å². The molecule has 2 heterocycles. The number of ether oxygens (including phenoxy) is 3. The molecule has 0 saturated carbocycles. The van der Waals surface area contributed by atoms with E-state index in [-0.39, 0.29) is 5.91 Å². The van der Waals surface area contributed by atoms with Gasteiger partial charge in [0.2, 0.25) is 11.7 Å². The number of fused-ring (bicyclic) bond motifs is 1. The van der Waals surface area contributed by atoms with Crippen molar-refractivity contribution in [2.45, 2.75) is 19.9 Å². The van der Waals surface area contributed by atoms with Crippen molar-refractivity contribution in [2.24, 2.45) is 0 Å². The normalized spacial score (nSPS) is 15.0. The molecule has 0 spiro atoms. The molecular weight excluding hydrogens is 410 g/mol. The fourth-order valence-corrected chi connectivity index (χ4v) is 3.86. The molecule has 1 amide bonds. The quantitative estimate of drug-likeness (QED) is 0.611. The molecule has 4 rings (SSSR count). The fraction of sp³-hybridized carbons (Fsp3) is 0.261. The Morgan fingerprint density at radius 3 is 2.38 bits per heavy atom. The van der Waals surface area contributed by atoms with Crippen molar-refractivity contribution < 1.29 is 19.0 Å². The third-order valence-electron chi connectivity index (χ3n) is 5.44. The molecule has 1 aliphatic heterocycles. The second kappa shape index (κ2) is 8.62. The molecular formula is C23H25N5O4. The van der Waals surface area contributed by atoms with Gasteiger partial charge in [0.15, 0.2) is 11.5 Å². The van der Waals surface area contributed by atoms with Crippen molar-refractivity contribution in [2.75, 3.05) is 32.0 Å². The smallest absolute Gasteiger partial charge is 0.255 e. The molecule has 166 valence electrons. The SMILES string of the molecule is COc1cc(C2C(C(=O)Nc3ccccc3C)=C(C)Nc3ncnn32)cc(OC)c1OC. The summed E-state index contributed by atoms with van der Waals surface area (Å²) in [6.07, 6.45) is 1.45. The van der Waals surface area contributed by atoms with E-state index in [1.807, 2.05) is 50.2 Å². The number of nitrogens with zero attached hydrogens (tertiary/aromatic N) is 3. The van der Waals surface area contributed by atoms with Gasteiger partial charge in [-0.2, -0.15) is 10.1 Å². The van der Waals surface area contributed by atoms with Crippen LogP contribution in [0.2, 0.25) is 0 Å². The molecule has 1 unspecified atom stereocenters. The molecule has 2 aromatic carbocycles. The van der Waals surface area contributed by atoms with Crippen LogP contribution in [-0.4, -0.2) is 42.0 Å². The highest BCUT2D eigenvalue weighted by atomic mass is 16.5. The number of rotatable bonds is 6. The van der Waals surface area contributed by atoms with Gasteiger partial charge in [-0.25, -0.2) is 4.68 Å². The first-order valence-electron chi connectivity index (χ1n) is 10.0. The van der Waals surface area contributed by atoms with E-state index < -0.39 is 6.04 Å². The number of para-hydroxylation sites is 1. The highest BCUT2D eigenvalue weighted by molar-refractivity contribution is 6.06. The molecule has 0 saturated heterocycles. The van der Waals surface area contributed by atoms with Crippen molar-refractivity contribution in [3.05, 3.63) is 65.1 Å². The summed E-state index contributed by atoms with van der Waals surface area (Å²) in [7, 11) is 4.65. The van der Waals surface area contributed by atoms with Crippen LogP contribution >= 0.6 is 0 Å². The van der Waals surface area contributed by atoms with E-state index in [0.29, 0.717) is 34.5 Å². The molecule has 0 bridgehead atoms. The minimum atomic E-state index is -0.563. The van der Waals surface area contributed by atoms with Gasteiger partial charge in [-0.05, 0) is 43.2 Å². The first-order valence-corrected chi connectivity index (χ1v) is 10.0. The third-order valence-corrected chi connectivity index (χ3v) is 5.44. The number of anilines is 2. The molecule has 0 aliphatic carbocycles. The lowest BCUT2D eigenvalue weighted by Crippen LogP contribution is -2.31. The van der Waals surface area contributed by atoms with Gasteiger partial charge in [0, 0.05) is 11.4 Å². The molecule has 0 radical (unpaired) electrons. The molecule has 1 aliphatic rings. The topological polar surface area (TPSA) is 99.5 Å². The third kappa shape index (κ3) is 3.62. The highest BCUT2D eigenvalue weighted by Crippen LogP contribution is 2.43. The van der Waals surface area contributed by atoms with E-state index in [9.17, 15) is 4.79 Å². The lowest BCUT2D eigenvalue weighted by Gasteiger charge is -2.29. The van der Waals surface area contributed by atoms with Crippen LogP contribution in [0.5, 0.6) is 17.2 Å². The van der Waals surface area contributed by atoms with E-state index >= 15 is 0 Å². The van der Waals surface area contributed by atoms with Gasteiger partial charge in [0.25, 0.3) is 5.91 Å². The fourth-order valence-electron chi connectivity index (χ4n) is 3.86. The maximum atomic E-state index is 13.5. The largest absolute Gasteiger partial charge is 0.493 e. The number of carbonyl (C=O) groups excluding carboxylic acids is 1. The Hall–Kier alpha value is -4.01. The van der Waals surface area contributed by atoms with Crippen molar-refractivity contribution in [1.29, 1.82) is 0 Å². The van der Waals surface area contributed by atoms with Crippen LogP contribution in [0.15, 0.2) is 54.0 Å². The number of aromatic nitrogens is 3. The summed E-state index contributed by atoms with van der Waals surface area (Å²) in [5.74, 6) is 1.73.